The van der Waals surface area contributed by atoms with Crippen LogP contribution >= 0.6 is 35.3 Å². The molecule has 1 heterocycles. The first kappa shape index (κ1) is 27.1. The number of rotatable bonds is 6. The van der Waals surface area contributed by atoms with Crippen LogP contribution in [0.25, 0.3) is 0 Å². The maximum Gasteiger partial charge on any atom is 0.434 e. The van der Waals surface area contributed by atoms with Crippen molar-refractivity contribution < 1.29 is 18.0 Å². The fourth-order valence-corrected chi connectivity index (χ4v) is 3.16. The van der Waals surface area contributed by atoms with Gasteiger partial charge in [0.05, 0.1) is 13.1 Å². The predicted molar refractivity (Wildman–Crippen MR) is 128 cm³/mol. The lowest BCUT2D eigenvalue weighted by Gasteiger charge is -2.20. The van der Waals surface area contributed by atoms with Crippen molar-refractivity contribution in [3.05, 3.63) is 51.5 Å². The van der Waals surface area contributed by atoms with Crippen LogP contribution in [-0.4, -0.2) is 28.9 Å². The highest BCUT2D eigenvalue weighted by molar-refractivity contribution is 14.0. The fraction of sp³-hybridized carbons (Fsp3) is 0.450. The number of halogens is 4. The van der Waals surface area contributed by atoms with Crippen LogP contribution in [0.15, 0.2) is 34.6 Å². The number of thiazole rings is 1. The molecule has 1 aromatic heterocycles. The van der Waals surface area contributed by atoms with Crippen LogP contribution in [-0.2, 0) is 19.3 Å². The van der Waals surface area contributed by atoms with Crippen LogP contribution in [0.3, 0.4) is 0 Å². The Morgan fingerprint density at radius 2 is 1.90 bits per heavy atom. The van der Waals surface area contributed by atoms with Gasteiger partial charge in [-0.3, -0.25) is 4.79 Å². The molecule has 2 aromatic rings. The number of nitrogens with zero attached hydrogens (tertiary/aromatic N) is 2. The topological polar surface area (TPSA) is 78.4 Å². The molecule has 3 N–H and O–H groups in total. The quantitative estimate of drug-likeness (QED) is 0.271. The Bertz CT molecular complexity index is 893. The monoisotopic (exact) mass is 569 g/mol. The summed E-state index contributed by atoms with van der Waals surface area (Å²) in [6, 6.07) is 7.15. The molecule has 0 saturated carbocycles. The van der Waals surface area contributed by atoms with E-state index in [2.05, 4.69) is 25.9 Å². The second-order valence-electron chi connectivity index (χ2n) is 7.58. The Morgan fingerprint density at radius 1 is 1.19 bits per heavy atom. The molecule has 0 aliphatic rings. The summed E-state index contributed by atoms with van der Waals surface area (Å²) in [6.45, 7) is 8.64. The van der Waals surface area contributed by atoms with E-state index in [-0.39, 0.29) is 42.0 Å². The van der Waals surface area contributed by atoms with Gasteiger partial charge in [-0.2, -0.15) is 13.2 Å². The summed E-state index contributed by atoms with van der Waals surface area (Å²) in [5.41, 5.74) is 0.145. The van der Waals surface area contributed by atoms with Gasteiger partial charge in [0.15, 0.2) is 11.7 Å². The average molecular weight is 569 g/mol. The predicted octanol–water partition coefficient (Wildman–Crippen LogP) is 4.56. The van der Waals surface area contributed by atoms with Crippen molar-refractivity contribution in [1.29, 1.82) is 0 Å². The molecule has 0 spiro atoms. The number of nitrogens with one attached hydrogen (secondary N) is 3. The van der Waals surface area contributed by atoms with E-state index in [1.54, 1.807) is 18.2 Å². The van der Waals surface area contributed by atoms with Crippen molar-refractivity contribution in [3.8, 4) is 0 Å². The molecule has 0 bridgehead atoms. The summed E-state index contributed by atoms with van der Waals surface area (Å²) in [5, 5.41) is 10.2. The van der Waals surface area contributed by atoms with E-state index >= 15 is 0 Å². The standard InChI is InChI=1S/C20H26F3N5OS.HI/c1-5-24-18(26-11-16-27-15(12-30-16)20(21,22)23)25-10-13-7-6-8-14(9-13)17(29)28-19(2,3)4;/h6-9,12H,5,10-11H2,1-4H3,(H,28,29)(H2,24,25,26);1H. The Hall–Kier alpha value is -1.89. The van der Waals surface area contributed by atoms with Crippen molar-refractivity contribution in [2.45, 2.75) is 52.5 Å². The number of hydrogen-bond acceptors (Lipinski definition) is 4. The Kier molecular flexibility index (Phi) is 10.2. The molecule has 31 heavy (non-hydrogen) atoms. The van der Waals surface area contributed by atoms with Crippen LogP contribution in [0.5, 0.6) is 0 Å². The summed E-state index contributed by atoms with van der Waals surface area (Å²) in [7, 11) is 0. The SMILES string of the molecule is CCNC(=NCc1cccc(C(=O)NC(C)(C)C)c1)NCc1nc(C(F)(F)F)cs1.I. The van der Waals surface area contributed by atoms with E-state index in [0.29, 0.717) is 29.6 Å². The van der Waals surface area contributed by atoms with E-state index in [1.807, 2.05) is 33.8 Å². The minimum absolute atomic E-state index is 0. The number of benzene rings is 1. The molecule has 0 saturated heterocycles. The number of hydrogen-bond donors (Lipinski definition) is 3. The second kappa shape index (κ2) is 11.7. The molecule has 0 unspecified atom stereocenters. The third-order valence-corrected chi connectivity index (χ3v) is 4.54. The minimum atomic E-state index is -4.45. The number of aliphatic imine (C=N–C) groups is 1. The van der Waals surface area contributed by atoms with Gasteiger partial charge in [0.25, 0.3) is 5.91 Å². The number of guanidine groups is 1. The van der Waals surface area contributed by atoms with E-state index in [1.165, 1.54) is 0 Å². The van der Waals surface area contributed by atoms with Gasteiger partial charge in [0.2, 0.25) is 0 Å². The van der Waals surface area contributed by atoms with E-state index in [0.717, 1.165) is 22.3 Å². The maximum atomic E-state index is 12.7. The summed E-state index contributed by atoms with van der Waals surface area (Å²) in [4.78, 5) is 20.4. The first-order chi connectivity index (χ1) is 14.0. The third kappa shape index (κ3) is 9.42. The Morgan fingerprint density at radius 3 is 2.48 bits per heavy atom. The highest BCUT2D eigenvalue weighted by Gasteiger charge is 2.33. The summed E-state index contributed by atoms with van der Waals surface area (Å²) >= 11 is 0.940. The number of aromatic nitrogens is 1. The Labute approximate surface area is 201 Å². The molecule has 0 aliphatic heterocycles. The van der Waals surface area contributed by atoms with Crippen LogP contribution in [0.2, 0.25) is 0 Å². The van der Waals surface area contributed by atoms with Crippen LogP contribution in [0, 0.1) is 0 Å². The van der Waals surface area contributed by atoms with Crippen LogP contribution in [0.1, 0.15) is 54.3 Å². The lowest BCUT2D eigenvalue weighted by atomic mass is 10.1. The average Bonchev–Trinajstić information content (AvgIpc) is 3.12. The van der Waals surface area contributed by atoms with Gasteiger partial charge in [-0.1, -0.05) is 12.1 Å². The summed E-state index contributed by atoms with van der Waals surface area (Å²) < 4.78 is 38.0. The van der Waals surface area contributed by atoms with Crippen molar-refractivity contribution in [1.82, 2.24) is 20.9 Å². The first-order valence-electron chi connectivity index (χ1n) is 9.43. The maximum absolute atomic E-state index is 12.7. The third-order valence-electron chi connectivity index (χ3n) is 3.69. The van der Waals surface area contributed by atoms with Crippen molar-refractivity contribution in [3.63, 3.8) is 0 Å². The molecule has 0 aliphatic carbocycles. The molecule has 0 radical (unpaired) electrons. The number of amides is 1. The molecule has 2 rings (SSSR count). The number of carbonyl (C=O) groups is 1. The van der Waals surface area contributed by atoms with Gasteiger partial charge < -0.3 is 16.0 Å². The van der Waals surface area contributed by atoms with E-state index in [4.69, 9.17) is 0 Å². The van der Waals surface area contributed by atoms with Crippen LogP contribution in [0.4, 0.5) is 13.2 Å². The lowest BCUT2D eigenvalue weighted by Crippen LogP contribution is -2.40. The van der Waals surface area contributed by atoms with Crippen molar-refractivity contribution >= 4 is 47.2 Å². The molecule has 1 amide bonds. The van der Waals surface area contributed by atoms with Gasteiger partial charge >= 0.3 is 6.18 Å². The molecular formula is C20H27F3IN5OS. The van der Waals surface area contributed by atoms with E-state index in [9.17, 15) is 18.0 Å². The van der Waals surface area contributed by atoms with Crippen molar-refractivity contribution in [2.24, 2.45) is 4.99 Å². The largest absolute Gasteiger partial charge is 0.434 e. The zero-order valence-corrected chi connectivity index (χ0v) is 20.9. The van der Waals surface area contributed by atoms with Gasteiger partial charge in [0.1, 0.15) is 5.01 Å². The zero-order valence-electron chi connectivity index (χ0n) is 17.8. The highest BCUT2D eigenvalue weighted by atomic mass is 127. The first-order valence-corrected chi connectivity index (χ1v) is 10.3. The molecule has 172 valence electrons. The molecular weight excluding hydrogens is 542 g/mol. The lowest BCUT2D eigenvalue weighted by molar-refractivity contribution is -0.140. The van der Waals surface area contributed by atoms with Gasteiger partial charge in [-0.05, 0) is 45.4 Å². The smallest absolute Gasteiger partial charge is 0.357 e. The van der Waals surface area contributed by atoms with E-state index < -0.39 is 11.9 Å². The molecule has 6 nitrogen and oxygen atoms in total. The number of carbonyl (C=O) groups excluding carboxylic acids is 1. The molecule has 1 aromatic carbocycles. The highest BCUT2D eigenvalue weighted by Crippen LogP contribution is 2.29. The van der Waals surface area contributed by atoms with Gasteiger partial charge in [-0.15, -0.1) is 35.3 Å². The van der Waals surface area contributed by atoms with Gasteiger partial charge in [0, 0.05) is 23.0 Å². The normalized spacial score (nSPS) is 12.2. The molecule has 0 fully saturated rings. The fourth-order valence-electron chi connectivity index (χ4n) is 2.42. The Balaban J connectivity index is 0.00000480. The summed E-state index contributed by atoms with van der Waals surface area (Å²) in [6.07, 6.45) is -4.45. The zero-order chi connectivity index (χ0) is 22.4. The van der Waals surface area contributed by atoms with Gasteiger partial charge in [-0.25, -0.2) is 9.98 Å². The molecule has 11 heteroatoms. The second-order valence-corrected chi connectivity index (χ2v) is 8.52. The minimum Gasteiger partial charge on any atom is -0.357 e. The molecule has 0 atom stereocenters. The van der Waals surface area contributed by atoms with Crippen LogP contribution < -0.4 is 16.0 Å². The summed E-state index contributed by atoms with van der Waals surface area (Å²) in [5.74, 6) is 0.286. The van der Waals surface area contributed by atoms with Crippen molar-refractivity contribution in [2.75, 3.05) is 6.54 Å². The number of alkyl halides is 3.